The Hall–Kier alpha value is -0.740. The molecule has 1 N–H and O–H groups in total. The van der Waals surface area contributed by atoms with Crippen LogP contribution in [0.2, 0.25) is 0 Å². The van der Waals surface area contributed by atoms with Crippen molar-refractivity contribution < 1.29 is 9.59 Å². The summed E-state index contributed by atoms with van der Waals surface area (Å²) in [4.78, 5) is 24.9. The maximum atomic E-state index is 11.9. The van der Waals surface area contributed by atoms with Crippen LogP contribution in [0.3, 0.4) is 0 Å². The lowest BCUT2D eigenvalue weighted by Gasteiger charge is -2.37. The Labute approximate surface area is 116 Å². The number of Topliss-reactive ketones (excluding diaryl/α,β-unsaturated/α-hetero) is 2. The van der Waals surface area contributed by atoms with Gasteiger partial charge in [-0.15, -0.1) is 0 Å². The lowest BCUT2D eigenvalue weighted by atomic mass is 9.89. The van der Waals surface area contributed by atoms with E-state index in [0.29, 0.717) is 37.9 Å². The van der Waals surface area contributed by atoms with Crippen LogP contribution in [0.4, 0.5) is 0 Å². The minimum atomic E-state index is 0.170. The number of carbonyl (C=O) groups excluding carboxylic acids is 2. The van der Waals surface area contributed by atoms with E-state index in [4.69, 9.17) is 0 Å². The van der Waals surface area contributed by atoms with Crippen LogP contribution in [0.5, 0.6) is 0 Å². The zero-order chi connectivity index (χ0) is 14.3. The molecule has 0 unspecified atom stereocenters. The zero-order valence-electron chi connectivity index (χ0n) is 12.6. The summed E-state index contributed by atoms with van der Waals surface area (Å²) < 4.78 is 0. The van der Waals surface area contributed by atoms with E-state index < -0.39 is 0 Å². The second-order valence-electron chi connectivity index (χ2n) is 5.76. The fourth-order valence-electron chi connectivity index (χ4n) is 2.98. The van der Waals surface area contributed by atoms with Gasteiger partial charge in [-0.05, 0) is 40.3 Å². The second-order valence-corrected chi connectivity index (χ2v) is 5.76. The molecule has 0 amide bonds. The van der Waals surface area contributed by atoms with Crippen LogP contribution < -0.4 is 5.32 Å². The normalized spacial score (nSPS) is 23.6. The summed E-state index contributed by atoms with van der Waals surface area (Å²) in [6, 6.07) is 0.972. The maximum absolute atomic E-state index is 11.9. The van der Waals surface area contributed by atoms with Crippen LogP contribution in [0.1, 0.15) is 51.9 Å². The van der Waals surface area contributed by atoms with Crippen LogP contribution in [0.25, 0.3) is 0 Å². The van der Waals surface area contributed by atoms with E-state index in [9.17, 15) is 9.59 Å². The van der Waals surface area contributed by atoms with Crippen molar-refractivity contribution in [1.82, 2.24) is 10.2 Å². The highest BCUT2D eigenvalue weighted by molar-refractivity contribution is 5.81. The largest absolute Gasteiger partial charge is 0.315 e. The summed E-state index contributed by atoms with van der Waals surface area (Å²) in [6.07, 6.45) is 6.65. The van der Waals surface area contributed by atoms with Crippen molar-refractivity contribution in [1.29, 1.82) is 0 Å². The Morgan fingerprint density at radius 3 is 2.53 bits per heavy atom. The molecule has 0 spiro atoms. The van der Waals surface area contributed by atoms with Crippen molar-refractivity contribution in [2.45, 2.75) is 64.0 Å². The number of carbonyl (C=O) groups is 2. The van der Waals surface area contributed by atoms with E-state index >= 15 is 0 Å². The van der Waals surface area contributed by atoms with Crippen LogP contribution >= 0.6 is 0 Å². The SMILES string of the molecule is CN[C@@H]1CCCC[C@H]1N(C)CC(=O)CCCC(C)=O. The van der Waals surface area contributed by atoms with Gasteiger partial charge in [0.1, 0.15) is 11.6 Å². The van der Waals surface area contributed by atoms with Gasteiger partial charge < -0.3 is 10.1 Å². The van der Waals surface area contributed by atoms with E-state index in [1.165, 1.54) is 25.7 Å². The minimum absolute atomic E-state index is 0.170. The predicted octanol–water partition coefficient (Wildman–Crippen LogP) is 1.78. The number of nitrogens with one attached hydrogen (secondary N) is 1. The molecule has 0 bridgehead atoms. The molecule has 0 aromatic carbocycles. The molecule has 0 radical (unpaired) electrons. The van der Waals surface area contributed by atoms with Gasteiger partial charge in [-0.1, -0.05) is 12.8 Å². The van der Waals surface area contributed by atoms with E-state index in [1.54, 1.807) is 6.92 Å². The minimum Gasteiger partial charge on any atom is -0.315 e. The van der Waals surface area contributed by atoms with Crippen LogP contribution in [-0.4, -0.2) is 49.2 Å². The molecule has 1 aliphatic carbocycles. The molecular weight excluding hydrogens is 240 g/mol. The van der Waals surface area contributed by atoms with Gasteiger partial charge in [0.2, 0.25) is 0 Å². The third kappa shape index (κ3) is 5.83. The average Bonchev–Trinajstić information content (AvgIpc) is 2.38. The van der Waals surface area contributed by atoms with Crippen LogP contribution in [0, 0.1) is 0 Å². The smallest absolute Gasteiger partial charge is 0.146 e. The molecular formula is C15H28N2O2. The molecule has 4 heteroatoms. The quantitative estimate of drug-likeness (QED) is 0.729. The fraction of sp³-hybridized carbons (Fsp3) is 0.867. The first kappa shape index (κ1) is 16.3. The van der Waals surface area contributed by atoms with Crippen molar-refractivity contribution in [3.63, 3.8) is 0 Å². The predicted molar refractivity (Wildman–Crippen MR) is 77.3 cm³/mol. The van der Waals surface area contributed by atoms with Gasteiger partial charge in [-0.3, -0.25) is 9.69 Å². The summed E-state index contributed by atoms with van der Waals surface area (Å²) in [5.74, 6) is 0.424. The molecule has 110 valence electrons. The summed E-state index contributed by atoms with van der Waals surface area (Å²) in [6.45, 7) is 2.09. The molecule has 4 nitrogen and oxygen atoms in total. The Balaban J connectivity index is 2.33. The molecule has 19 heavy (non-hydrogen) atoms. The monoisotopic (exact) mass is 268 g/mol. The standard InChI is InChI=1S/C15H28N2O2/c1-12(18)7-6-8-13(19)11-17(3)15-10-5-4-9-14(15)16-2/h14-16H,4-11H2,1-3H3/t14-,15-/m1/s1. The Morgan fingerprint density at radius 1 is 1.21 bits per heavy atom. The lowest BCUT2D eigenvalue weighted by molar-refractivity contribution is -0.121. The summed E-state index contributed by atoms with van der Waals surface area (Å²) in [7, 11) is 4.05. The van der Waals surface area contributed by atoms with Gasteiger partial charge in [-0.25, -0.2) is 0 Å². The van der Waals surface area contributed by atoms with Gasteiger partial charge in [-0.2, -0.15) is 0 Å². The second kappa shape index (κ2) is 8.43. The third-order valence-electron chi connectivity index (χ3n) is 4.08. The molecule has 1 saturated carbocycles. The first-order chi connectivity index (χ1) is 9.04. The van der Waals surface area contributed by atoms with Gasteiger partial charge in [0, 0.05) is 24.9 Å². The summed E-state index contributed by atoms with van der Waals surface area (Å²) in [5.41, 5.74) is 0. The summed E-state index contributed by atoms with van der Waals surface area (Å²) in [5, 5.41) is 3.37. The van der Waals surface area contributed by atoms with E-state index in [-0.39, 0.29) is 11.6 Å². The number of nitrogens with zero attached hydrogens (tertiary/aromatic N) is 1. The number of rotatable bonds is 8. The van der Waals surface area contributed by atoms with Crippen LogP contribution in [-0.2, 0) is 9.59 Å². The van der Waals surface area contributed by atoms with Gasteiger partial charge in [0.05, 0.1) is 6.54 Å². The molecule has 0 saturated heterocycles. The Morgan fingerprint density at radius 2 is 1.89 bits per heavy atom. The average molecular weight is 268 g/mol. The van der Waals surface area contributed by atoms with E-state index in [2.05, 4.69) is 10.2 Å². The van der Waals surface area contributed by atoms with Crippen molar-refractivity contribution in [2.24, 2.45) is 0 Å². The van der Waals surface area contributed by atoms with Crippen molar-refractivity contribution in [2.75, 3.05) is 20.6 Å². The highest BCUT2D eigenvalue weighted by Gasteiger charge is 2.27. The fourth-order valence-corrected chi connectivity index (χ4v) is 2.98. The third-order valence-corrected chi connectivity index (χ3v) is 4.08. The molecule has 2 atom stereocenters. The zero-order valence-corrected chi connectivity index (χ0v) is 12.6. The molecule has 0 aromatic heterocycles. The molecule has 0 aromatic rings. The lowest BCUT2D eigenvalue weighted by Crippen LogP contribution is -2.50. The highest BCUT2D eigenvalue weighted by atomic mass is 16.1. The molecule has 1 rings (SSSR count). The number of hydrogen-bond acceptors (Lipinski definition) is 4. The molecule has 1 fully saturated rings. The van der Waals surface area contributed by atoms with Crippen molar-refractivity contribution in [3.05, 3.63) is 0 Å². The van der Waals surface area contributed by atoms with Crippen LogP contribution in [0.15, 0.2) is 0 Å². The maximum Gasteiger partial charge on any atom is 0.146 e. The summed E-state index contributed by atoms with van der Waals surface area (Å²) >= 11 is 0. The number of likely N-dealkylation sites (N-methyl/N-ethyl adjacent to an activating group) is 2. The topological polar surface area (TPSA) is 49.4 Å². The number of hydrogen-bond donors (Lipinski definition) is 1. The molecule has 1 aliphatic rings. The first-order valence-corrected chi connectivity index (χ1v) is 7.43. The van der Waals surface area contributed by atoms with Gasteiger partial charge in [0.15, 0.2) is 0 Å². The highest BCUT2D eigenvalue weighted by Crippen LogP contribution is 2.22. The van der Waals surface area contributed by atoms with Gasteiger partial charge >= 0.3 is 0 Å². The van der Waals surface area contributed by atoms with Crippen molar-refractivity contribution >= 4 is 11.6 Å². The number of ketones is 2. The van der Waals surface area contributed by atoms with E-state index in [0.717, 1.165) is 0 Å². The first-order valence-electron chi connectivity index (χ1n) is 7.43. The molecule has 0 aliphatic heterocycles. The Bertz CT molecular complexity index is 305. The van der Waals surface area contributed by atoms with E-state index in [1.807, 2.05) is 14.1 Å². The molecule has 0 heterocycles. The van der Waals surface area contributed by atoms with Crippen molar-refractivity contribution in [3.8, 4) is 0 Å². The van der Waals surface area contributed by atoms with Gasteiger partial charge in [0.25, 0.3) is 0 Å². The Kier molecular flexibility index (Phi) is 7.24.